The lowest BCUT2D eigenvalue weighted by atomic mass is 9.91. The van der Waals surface area contributed by atoms with Crippen molar-refractivity contribution in [1.29, 1.82) is 0 Å². The van der Waals surface area contributed by atoms with Gasteiger partial charge in [0.05, 0.1) is 18.3 Å². The number of fused-ring (bicyclic) bond motifs is 1. The van der Waals surface area contributed by atoms with E-state index in [0.717, 1.165) is 0 Å². The van der Waals surface area contributed by atoms with E-state index in [1.54, 1.807) is 6.92 Å². The third kappa shape index (κ3) is 4.14. The Morgan fingerprint density at radius 1 is 0.963 bits per heavy atom. The number of hydrogen-bond acceptors (Lipinski definition) is 9. The van der Waals surface area contributed by atoms with E-state index in [4.69, 9.17) is 28.4 Å². The van der Waals surface area contributed by atoms with Gasteiger partial charge >= 0.3 is 5.97 Å². The Bertz CT molecular complexity index is 553. The average molecular weight is 390 g/mol. The number of esters is 1. The smallest absolute Gasteiger partial charge is 0.303 e. The normalized spacial score (nSPS) is 49.5. The van der Waals surface area contributed by atoms with Crippen molar-refractivity contribution < 1.29 is 43.4 Å². The van der Waals surface area contributed by atoms with Gasteiger partial charge < -0.3 is 38.6 Å². The summed E-state index contributed by atoms with van der Waals surface area (Å²) in [5.74, 6) is -1.27. The lowest BCUT2D eigenvalue weighted by Crippen LogP contribution is -2.62. The Kier molecular flexibility index (Phi) is 5.85. The van der Waals surface area contributed by atoms with E-state index < -0.39 is 54.9 Å². The first-order valence-corrected chi connectivity index (χ1v) is 9.35. The number of aliphatic hydroxyl groups is 2. The van der Waals surface area contributed by atoms with Gasteiger partial charge in [0.25, 0.3) is 0 Å². The molecule has 0 bridgehead atoms. The highest BCUT2D eigenvalue weighted by Gasteiger charge is 2.56. The standard InChI is InChI=1S/C18H30O9/c1-7-8(2)23-17(15-12(7)26-18(5,6)27-15)25-14-11(20)16(21)22-9(3)13(14)24-10(4)19/h7-9,11-17,20-21H,1-6H3/t7-,8?,9?,11?,12-,13-,14-,15?,16?,17-/m0/s1. The van der Waals surface area contributed by atoms with Gasteiger partial charge in [0.2, 0.25) is 0 Å². The van der Waals surface area contributed by atoms with Gasteiger partial charge in [-0.25, -0.2) is 0 Å². The summed E-state index contributed by atoms with van der Waals surface area (Å²) in [5, 5.41) is 20.4. The minimum atomic E-state index is -1.47. The molecule has 0 aromatic heterocycles. The van der Waals surface area contributed by atoms with Gasteiger partial charge in [0, 0.05) is 12.8 Å². The summed E-state index contributed by atoms with van der Waals surface area (Å²) in [6, 6.07) is 0. The molecule has 156 valence electrons. The van der Waals surface area contributed by atoms with Crippen LogP contribution in [0.1, 0.15) is 41.5 Å². The van der Waals surface area contributed by atoms with E-state index in [1.807, 2.05) is 27.7 Å². The van der Waals surface area contributed by atoms with Crippen LogP contribution in [0, 0.1) is 5.92 Å². The van der Waals surface area contributed by atoms with Crippen molar-refractivity contribution in [2.24, 2.45) is 5.92 Å². The fourth-order valence-electron chi connectivity index (χ4n) is 3.89. The maximum Gasteiger partial charge on any atom is 0.303 e. The summed E-state index contributed by atoms with van der Waals surface area (Å²) in [5.41, 5.74) is 0. The number of ether oxygens (including phenoxy) is 6. The molecule has 3 fully saturated rings. The first-order valence-electron chi connectivity index (χ1n) is 9.35. The number of carbonyl (C=O) groups is 1. The Balaban J connectivity index is 1.82. The largest absolute Gasteiger partial charge is 0.457 e. The monoisotopic (exact) mass is 390 g/mol. The Labute approximate surface area is 158 Å². The van der Waals surface area contributed by atoms with E-state index in [2.05, 4.69) is 0 Å². The van der Waals surface area contributed by atoms with Crippen molar-refractivity contribution in [2.75, 3.05) is 0 Å². The Morgan fingerprint density at radius 2 is 1.59 bits per heavy atom. The molecule has 3 saturated heterocycles. The fourth-order valence-corrected chi connectivity index (χ4v) is 3.89. The van der Waals surface area contributed by atoms with Gasteiger partial charge in [-0.05, 0) is 27.7 Å². The molecular weight excluding hydrogens is 360 g/mol. The van der Waals surface area contributed by atoms with E-state index in [9.17, 15) is 15.0 Å². The summed E-state index contributed by atoms with van der Waals surface area (Å²) in [6.07, 6.45) is -7.34. The molecule has 2 N–H and O–H groups in total. The maximum absolute atomic E-state index is 11.5. The van der Waals surface area contributed by atoms with Crippen LogP contribution in [-0.2, 0) is 33.2 Å². The summed E-state index contributed by atoms with van der Waals surface area (Å²) in [6.45, 7) is 10.4. The van der Waals surface area contributed by atoms with Crippen LogP contribution in [0.25, 0.3) is 0 Å². The molecule has 3 heterocycles. The third-order valence-electron chi connectivity index (χ3n) is 5.40. The molecule has 9 nitrogen and oxygen atoms in total. The van der Waals surface area contributed by atoms with E-state index in [0.29, 0.717) is 0 Å². The van der Waals surface area contributed by atoms with Crippen molar-refractivity contribution >= 4 is 5.97 Å². The molecule has 0 aromatic carbocycles. The van der Waals surface area contributed by atoms with Crippen LogP contribution in [0.4, 0.5) is 0 Å². The predicted octanol–water partition coefficient (Wildman–Crippen LogP) is 0.302. The van der Waals surface area contributed by atoms with Gasteiger partial charge in [0.1, 0.15) is 18.3 Å². The van der Waals surface area contributed by atoms with E-state index >= 15 is 0 Å². The summed E-state index contributed by atoms with van der Waals surface area (Å²) < 4.78 is 34.5. The van der Waals surface area contributed by atoms with Crippen LogP contribution in [0.3, 0.4) is 0 Å². The fraction of sp³-hybridized carbons (Fsp3) is 0.944. The molecule has 3 aliphatic heterocycles. The molecule has 5 unspecified atom stereocenters. The van der Waals surface area contributed by atoms with Crippen LogP contribution in [0.5, 0.6) is 0 Å². The number of aliphatic hydroxyl groups excluding tert-OH is 2. The summed E-state index contributed by atoms with van der Waals surface area (Å²) in [4.78, 5) is 11.5. The third-order valence-corrected chi connectivity index (χ3v) is 5.40. The summed E-state index contributed by atoms with van der Waals surface area (Å²) in [7, 11) is 0. The second-order valence-electron chi connectivity index (χ2n) is 8.03. The second-order valence-corrected chi connectivity index (χ2v) is 8.03. The molecule has 0 radical (unpaired) electrons. The molecule has 10 atom stereocenters. The summed E-state index contributed by atoms with van der Waals surface area (Å²) >= 11 is 0. The minimum absolute atomic E-state index is 0.0741. The predicted molar refractivity (Wildman–Crippen MR) is 90.3 cm³/mol. The van der Waals surface area contributed by atoms with Gasteiger partial charge in [-0.15, -0.1) is 0 Å². The molecule has 0 amide bonds. The van der Waals surface area contributed by atoms with Crippen LogP contribution in [0.15, 0.2) is 0 Å². The lowest BCUT2D eigenvalue weighted by Gasteiger charge is -2.45. The molecular formula is C18H30O9. The number of rotatable bonds is 3. The molecule has 0 spiro atoms. The van der Waals surface area contributed by atoms with E-state index in [-0.39, 0.29) is 18.1 Å². The van der Waals surface area contributed by atoms with Crippen molar-refractivity contribution in [3.63, 3.8) is 0 Å². The molecule has 9 heteroatoms. The quantitative estimate of drug-likeness (QED) is 0.657. The van der Waals surface area contributed by atoms with Crippen molar-refractivity contribution in [2.45, 2.75) is 103 Å². The van der Waals surface area contributed by atoms with Gasteiger partial charge in [-0.1, -0.05) is 6.92 Å². The number of hydrogen-bond donors (Lipinski definition) is 2. The molecule has 27 heavy (non-hydrogen) atoms. The van der Waals surface area contributed by atoms with Crippen molar-refractivity contribution in [3.05, 3.63) is 0 Å². The van der Waals surface area contributed by atoms with Gasteiger partial charge in [0.15, 0.2) is 24.5 Å². The SMILES string of the molecule is CC(=O)O[C@H]1C(C)OC(O)C(O)[C@@H]1O[C@@H]1OC(C)[C@H](C)[C@@H]2OC(C)(C)OC12. The van der Waals surface area contributed by atoms with Crippen molar-refractivity contribution in [1.82, 2.24) is 0 Å². The highest BCUT2D eigenvalue weighted by molar-refractivity contribution is 5.66. The minimum Gasteiger partial charge on any atom is -0.457 e. The second kappa shape index (κ2) is 7.55. The van der Waals surface area contributed by atoms with Crippen molar-refractivity contribution in [3.8, 4) is 0 Å². The zero-order chi connectivity index (χ0) is 20.1. The van der Waals surface area contributed by atoms with Crippen LogP contribution in [-0.4, -0.2) is 77.3 Å². The first-order chi connectivity index (χ1) is 12.5. The van der Waals surface area contributed by atoms with Crippen LogP contribution in [0.2, 0.25) is 0 Å². The topological polar surface area (TPSA) is 113 Å². The van der Waals surface area contributed by atoms with Gasteiger partial charge in [-0.2, -0.15) is 0 Å². The van der Waals surface area contributed by atoms with Gasteiger partial charge in [-0.3, -0.25) is 4.79 Å². The Morgan fingerprint density at radius 3 is 2.22 bits per heavy atom. The zero-order valence-corrected chi connectivity index (χ0v) is 16.5. The van der Waals surface area contributed by atoms with Crippen LogP contribution >= 0.6 is 0 Å². The average Bonchev–Trinajstić information content (AvgIpc) is 2.89. The molecule has 0 aliphatic carbocycles. The molecule has 0 aromatic rings. The van der Waals surface area contributed by atoms with Crippen LogP contribution < -0.4 is 0 Å². The maximum atomic E-state index is 11.5. The first kappa shape index (κ1) is 20.9. The van der Waals surface area contributed by atoms with E-state index in [1.165, 1.54) is 6.92 Å². The zero-order valence-electron chi connectivity index (χ0n) is 16.5. The molecule has 0 saturated carbocycles. The highest BCUT2D eigenvalue weighted by Crippen LogP contribution is 2.41. The molecule has 3 rings (SSSR count). The number of carbonyl (C=O) groups excluding carboxylic acids is 1. The Hall–Kier alpha value is -0.810. The molecule has 3 aliphatic rings. The highest BCUT2D eigenvalue weighted by atomic mass is 16.8. The lowest BCUT2D eigenvalue weighted by molar-refractivity contribution is -0.339.